The number of benzene rings is 1. The Bertz CT molecular complexity index is 756. The Kier molecular flexibility index (Phi) is 6.77. The van der Waals surface area contributed by atoms with Gasteiger partial charge >= 0.3 is 0 Å². The van der Waals surface area contributed by atoms with E-state index in [4.69, 9.17) is 0 Å². The molecule has 2 amide bonds. The number of nitrogens with one attached hydrogen (secondary N) is 1. The van der Waals surface area contributed by atoms with Crippen LogP contribution < -0.4 is 5.32 Å². The molecule has 0 aliphatic heterocycles. The monoisotopic (exact) mass is 358 g/mol. The summed E-state index contributed by atoms with van der Waals surface area (Å²) < 4.78 is 1.92. The summed E-state index contributed by atoms with van der Waals surface area (Å²) in [5.74, 6) is 0.763. The lowest BCUT2D eigenvalue weighted by Crippen LogP contribution is -2.44. The zero-order valence-electron chi connectivity index (χ0n) is 16.5. The molecule has 2 aromatic rings. The number of para-hydroxylation sites is 2. The van der Waals surface area contributed by atoms with E-state index >= 15 is 0 Å². The maximum Gasteiger partial charge on any atom is 0.243 e. The third-order valence-electron chi connectivity index (χ3n) is 4.35. The minimum atomic E-state index is 0.00317. The van der Waals surface area contributed by atoms with Gasteiger partial charge in [0, 0.05) is 18.5 Å². The van der Waals surface area contributed by atoms with Crippen molar-refractivity contribution in [1.29, 1.82) is 0 Å². The summed E-state index contributed by atoms with van der Waals surface area (Å²) in [6.07, 6.45) is 1.30. The number of aromatic nitrogens is 2. The molecule has 6 nitrogen and oxygen atoms in total. The van der Waals surface area contributed by atoms with E-state index in [0.717, 1.165) is 17.5 Å². The summed E-state index contributed by atoms with van der Waals surface area (Å²) in [7, 11) is 0. The van der Waals surface area contributed by atoms with E-state index in [0.29, 0.717) is 18.8 Å². The van der Waals surface area contributed by atoms with Gasteiger partial charge in [0.15, 0.2) is 0 Å². The van der Waals surface area contributed by atoms with Crippen molar-refractivity contribution in [2.45, 2.75) is 72.6 Å². The number of hydrogen-bond donors (Lipinski definition) is 1. The zero-order valence-corrected chi connectivity index (χ0v) is 16.5. The third-order valence-corrected chi connectivity index (χ3v) is 4.35. The van der Waals surface area contributed by atoms with E-state index in [9.17, 15) is 9.59 Å². The maximum atomic E-state index is 12.9. The fourth-order valence-electron chi connectivity index (χ4n) is 3.32. The summed E-state index contributed by atoms with van der Waals surface area (Å²) in [5, 5.41) is 2.90. The standard InChI is InChI=1S/C20H30N4O2/c1-6-9-19(25)21-12-18-22-16-10-7-8-11-17(16)23(18)13-20(26)24(14(2)3)15(4)5/h7-8,10-11,14-15H,6,9,12-13H2,1-5H3,(H,21,25). The molecule has 0 fully saturated rings. The second-order valence-corrected chi connectivity index (χ2v) is 7.12. The van der Waals surface area contributed by atoms with E-state index in [2.05, 4.69) is 10.3 Å². The molecule has 1 aromatic heterocycles. The van der Waals surface area contributed by atoms with Crippen molar-refractivity contribution < 1.29 is 9.59 Å². The topological polar surface area (TPSA) is 67.2 Å². The van der Waals surface area contributed by atoms with Crippen LogP contribution >= 0.6 is 0 Å². The third kappa shape index (κ3) is 4.62. The Labute approximate surface area is 155 Å². The highest BCUT2D eigenvalue weighted by molar-refractivity contribution is 5.82. The first-order valence-electron chi connectivity index (χ1n) is 9.37. The molecule has 0 unspecified atom stereocenters. The molecule has 0 saturated heterocycles. The van der Waals surface area contributed by atoms with Crippen molar-refractivity contribution in [3.63, 3.8) is 0 Å². The van der Waals surface area contributed by atoms with Crippen LogP contribution in [0.3, 0.4) is 0 Å². The number of carbonyl (C=O) groups excluding carboxylic acids is 2. The van der Waals surface area contributed by atoms with Gasteiger partial charge in [0.2, 0.25) is 11.8 Å². The molecule has 0 radical (unpaired) electrons. The first kappa shape index (κ1) is 19.9. The van der Waals surface area contributed by atoms with Crippen LogP contribution in [0.2, 0.25) is 0 Å². The molecule has 142 valence electrons. The first-order valence-corrected chi connectivity index (χ1v) is 9.37. The molecule has 0 saturated carbocycles. The Hall–Kier alpha value is -2.37. The molecule has 0 aliphatic rings. The van der Waals surface area contributed by atoms with Crippen molar-refractivity contribution >= 4 is 22.8 Å². The number of hydrogen-bond acceptors (Lipinski definition) is 3. The second kappa shape index (κ2) is 8.83. The van der Waals surface area contributed by atoms with E-state index in [-0.39, 0.29) is 30.4 Å². The number of fused-ring (bicyclic) bond motifs is 1. The predicted molar refractivity (Wildman–Crippen MR) is 104 cm³/mol. The molecular formula is C20H30N4O2. The van der Waals surface area contributed by atoms with E-state index in [1.807, 2.05) is 68.4 Å². The normalized spacial score (nSPS) is 11.3. The molecule has 2 rings (SSSR count). The van der Waals surface area contributed by atoms with Gasteiger partial charge in [-0.1, -0.05) is 19.1 Å². The van der Waals surface area contributed by atoms with Gasteiger partial charge in [-0.15, -0.1) is 0 Å². The maximum absolute atomic E-state index is 12.9. The van der Waals surface area contributed by atoms with Crippen LogP contribution in [-0.4, -0.2) is 38.3 Å². The van der Waals surface area contributed by atoms with Crippen LogP contribution in [0.25, 0.3) is 11.0 Å². The van der Waals surface area contributed by atoms with Crippen LogP contribution in [0.15, 0.2) is 24.3 Å². The highest BCUT2D eigenvalue weighted by Gasteiger charge is 2.22. The summed E-state index contributed by atoms with van der Waals surface area (Å²) in [5.41, 5.74) is 1.74. The van der Waals surface area contributed by atoms with Gasteiger partial charge in [-0.2, -0.15) is 0 Å². The van der Waals surface area contributed by atoms with Crippen LogP contribution in [-0.2, 0) is 22.7 Å². The molecule has 1 N–H and O–H groups in total. The van der Waals surface area contributed by atoms with Crippen molar-refractivity contribution in [2.75, 3.05) is 0 Å². The summed E-state index contributed by atoms with van der Waals surface area (Å²) in [6, 6.07) is 8.01. The predicted octanol–water partition coefficient (Wildman–Crippen LogP) is 3.10. The minimum Gasteiger partial charge on any atom is -0.349 e. The molecular weight excluding hydrogens is 328 g/mol. The number of rotatable bonds is 8. The van der Waals surface area contributed by atoms with Gasteiger partial charge in [-0.05, 0) is 46.2 Å². The van der Waals surface area contributed by atoms with Crippen LogP contribution in [0.5, 0.6) is 0 Å². The number of amides is 2. The summed E-state index contributed by atoms with van der Waals surface area (Å²) in [4.78, 5) is 31.3. The van der Waals surface area contributed by atoms with Gasteiger partial charge in [-0.3, -0.25) is 9.59 Å². The molecule has 1 heterocycles. The van der Waals surface area contributed by atoms with Crippen molar-refractivity contribution in [1.82, 2.24) is 19.8 Å². The molecule has 0 atom stereocenters. The SMILES string of the molecule is CCCC(=O)NCc1nc2ccccc2n1CC(=O)N(C(C)C)C(C)C. The van der Waals surface area contributed by atoms with E-state index in [1.54, 1.807) is 0 Å². The smallest absolute Gasteiger partial charge is 0.243 e. The van der Waals surface area contributed by atoms with Gasteiger partial charge in [0.05, 0.1) is 17.6 Å². The lowest BCUT2D eigenvalue weighted by Gasteiger charge is -2.31. The average molecular weight is 358 g/mol. The lowest BCUT2D eigenvalue weighted by atomic mass is 10.2. The van der Waals surface area contributed by atoms with Gasteiger partial charge in [0.1, 0.15) is 12.4 Å². The number of nitrogens with zero attached hydrogens (tertiary/aromatic N) is 3. The van der Waals surface area contributed by atoms with Gasteiger partial charge < -0.3 is 14.8 Å². The molecule has 0 spiro atoms. The minimum absolute atomic E-state index is 0.00317. The zero-order chi connectivity index (χ0) is 19.3. The van der Waals surface area contributed by atoms with Crippen LogP contribution in [0.1, 0.15) is 53.3 Å². The number of carbonyl (C=O) groups is 2. The largest absolute Gasteiger partial charge is 0.349 e. The fourth-order valence-corrected chi connectivity index (χ4v) is 3.32. The van der Waals surface area contributed by atoms with Gasteiger partial charge in [0.25, 0.3) is 0 Å². The second-order valence-electron chi connectivity index (χ2n) is 7.12. The first-order chi connectivity index (χ1) is 12.3. The van der Waals surface area contributed by atoms with Crippen molar-refractivity contribution in [2.24, 2.45) is 0 Å². The van der Waals surface area contributed by atoms with Crippen LogP contribution in [0.4, 0.5) is 0 Å². The Balaban J connectivity index is 2.30. The molecule has 6 heteroatoms. The Morgan fingerprint density at radius 2 is 1.81 bits per heavy atom. The highest BCUT2D eigenvalue weighted by atomic mass is 16.2. The van der Waals surface area contributed by atoms with Gasteiger partial charge in [-0.25, -0.2) is 4.98 Å². The molecule has 1 aromatic carbocycles. The summed E-state index contributed by atoms with van der Waals surface area (Å²) >= 11 is 0. The molecule has 0 aliphatic carbocycles. The van der Waals surface area contributed by atoms with E-state index in [1.165, 1.54) is 0 Å². The van der Waals surface area contributed by atoms with Crippen LogP contribution in [0, 0.1) is 0 Å². The lowest BCUT2D eigenvalue weighted by molar-refractivity contribution is -0.135. The van der Waals surface area contributed by atoms with E-state index < -0.39 is 0 Å². The average Bonchev–Trinajstić information content (AvgIpc) is 2.90. The number of imidazole rings is 1. The molecule has 0 bridgehead atoms. The summed E-state index contributed by atoms with van der Waals surface area (Å²) in [6.45, 7) is 10.6. The van der Waals surface area contributed by atoms with Crippen molar-refractivity contribution in [3.05, 3.63) is 30.1 Å². The Morgan fingerprint density at radius 1 is 1.15 bits per heavy atom. The quantitative estimate of drug-likeness (QED) is 0.788. The fraction of sp³-hybridized carbons (Fsp3) is 0.550. The molecule has 26 heavy (non-hydrogen) atoms. The highest BCUT2D eigenvalue weighted by Crippen LogP contribution is 2.17. The van der Waals surface area contributed by atoms with Crippen molar-refractivity contribution in [3.8, 4) is 0 Å². The Morgan fingerprint density at radius 3 is 2.42 bits per heavy atom.